The van der Waals surface area contributed by atoms with Crippen LogP contribution in [0.15, 0.2) is 24.1 Å². The van der Waals surface area contributed by atoms with Crippen molar-refractivity contribution in [2.45, 2.75) is 6.92 Å². The van der Waals surface area contributed by atoms with Gasteiger partial charge in [0.25, 0.3) is 0 Å². The van der Waals surface area contributed by atoms with Crippen molar-refractivity contribution in [2.75, 3.05) is 12.4 Å². The molecule has 0 aromatic carbocycles. The van der Waals surface area contributed by atoms with Gasteiger partial charge in [0, 0.05) is 6.08 Å². The molecule has 3 heteroatoms. The number of ether oxygens (including phenoxy) is 1. The number of hydrogen-bond acceptors (Lipinski definition) is 3. The second-order valence-electron chi connectivity index (χ2n) is 1.66. The third-order valence-corrected chi connectivity index (χ3v) is 1.57. The van der Waals surface area contributed by atoms with Crippen LogP contribution in [0.25, 0.3) is 0 Å². The molecule has 0 aliphatic rings. The third kappa shape index (κ3) is 7.19. The van der Waals surface area contributed by atoms with Crippen LogP contribution in [0.1, 0.15) is 6.92 Å². The first-order valence-corrected chi connectivity index (χ1v) is 4.42. The van der Waals surface area contributed by atoms with E-state index in [1.165, 1.54) is 0 Å². The number of carbonyl (C=O) groups excluding carboxylic acids is 1. The van der Waals surface area contributed by atoms with Crippen LogP contribution in [0.2, 0.25) is 0 Å². The summed E-state index contributed by atoms with van der Waals surface area (Å²) in [5.41, 5.74) is 0. The van der Waals surface area contributed by atoms with Gasteiger partial charge in [0.1, 0.15) is 6.61 Å². The van der Waals surface area contributed by atoms with Gasteiger partial charge in [-0.05, 0) is 17.2 Å². The molecule has 0 aliphatic heterocycles. The van der Waals surface area contributed by atoms with Crippen molar-refractivity contribution in [1.82, 2.24) is 0 Å². The molecule has 0 heterocycles. The van der Waals surface area contributed by atoms with Crippen LogP contribution >= 0.6 is 11.8 Å². The minimum Gasteiger partial charge on any atom is -0.458 e. The van der Waals surface area contributed by atoms with Gasteiger partial charge < -0.3 is 4.74 Å². The van der Waals surface area contributed by atoms with E-state index < -0.39 is 0 Å². The Hall–Kier alpha value is -0.700. The van der Waals surface area contributed by atoms with Crippen LogP contribution in [-0.2, 0) is 9.53 Å². The van der Waals surface area contributed by atoms with E-state index in [2.05, 4.69) is 18.2 Å². The maximum Gasteiger partial charge on any atom is 0.330 e. The van der Waals surface area contributed by atoms with Gasteiger partial charge >= 0.3 is 5.97 Å². The molecular weight excluding hydrogens is 160 g/mol. The second kappa shape index (κ2) is 7.41. The molecule has 0 N–H and O–H groups in total. The normalized spacial score (nSPS) is 9.91. The van der Waals surface area contributed by atoms with Crippen LogP contribution in [-0.4, -0.2) is 18.3 Å². The zero-order chi connectivity index (χ0) is 8.53. The molecule has 0 fully saturated rings. The maximum atomic E-state index is 10.5. The summed E-state index contributed by atoms with van der Waals surface area (Å²) in [4.78, 5) is 10.5. The standard InChI is InChI=1S/C8H12O2S/c1-3-8(9)10-6-5-7-11-4-2/h3,5,7H,1,4,6H2,2H3. The number of rotatable bonds is 5. The van der Waals surface area contributed by atoms with E-state index in [4.69, 9.17) is 0 Å². The lowest BCUT2D eigenvalue weighted by atomic mass is 10.6. The molecule has 0 unspecified atom stereocenters. The quantitative estimate of drug-likeness (QED) is 0.468. The van der Waals surface area contributed by atoms with Gasteiger partial charge in [0.05, 0.1) is 0 Å². The van der Waals surface area contributed by atoms with E-state index in [0.717, 1.165) is 11.8 Å². The predicted octanol–water partition coefficient (Wildman–Crippen LogP) is 1.98. The fourth-order valence-electron chi connectivity index (χ4n) is 0.393. The van der Waals surface area contributed by atoms with E-state index >= 15 is 0 Å². The van der Waals surface area contributed by atoms with Crippen molar-refractivity contribution >= 4 is 17.7 Å². The Morgan fingerprint density at radius 1 is 1.73 bits per heavy atom. The first-order chi connectivity index (χ1) is 5.31. The molecule has 0 aromatic heterocycles. The van der Waals surface area contributed by atoms with Crippen LogP contribution in [0.4, 0.5) is 0 Å². The molecule has 0 radical (unpaired) electrons. The number of carbonyl (C=O) groups is 1. The average molecular weight is 172 g/mol. The van der Waals surface area contributed by atoms with E-state index in [1.54, 1.807) is 17.8 Å². The van der Waals surface area contributed by atoms with E-state index in [-0.39, 0.29) is 5.97 Å². The first kappa shape index (κ1) is 10.3. The minimum atomic E-state index is -0.379. The van der Waals surface area contributed by atoms with Gasteiger partial charge in [-0.3, -0.25) is 0 Å². The minimum absolute atomic E-state index is 0.331. The zero-order valence-corrected chi connectivity index (χ0v) is 7.39. The average Bonchev–Trinajstić information content (AvgIpc) is 2.04. The maximum absolute atomic E-state index is 10.5. The number of thioether (sulfide) groups is 1. The van der Waals surface area contributed by atoms with Crippen molar-refractivity contribution < 1.29 is 9.53 Å². The lowest BCUT2D eigenvalue weighted by molar-refractivity contribution is -0.136. The fourth-order valence-corrected chi connectivity index (χ4v) is 0.800. The van der Waals surface area contributed by atoms with Crippen LogP contribution < -0.4 is 0 Å². The summed E-state index contributed by atoms with van der Waals surface area (Å²) in [6.07, 6.45) is 2.95. The lowest BCUT2D eigenvalue weighted by Gasteiger charge is -1.94. The van der Waals surface area contributed by atoms with Gasteiger partial charge in [0.15, 0.2) is 0 Å². The third-order valence-electron chi connectivity index (χ3n) is 0.848. The summed E-state index contributed by atoms with van der Waals surface area (Å²) < 4.78 is 4.68. The van der Waals surface area contributed by atoms with Gasteiger partial charge in [0.2, 0.25) is 0 Å². The SMILES string of the molecule is C=CC(=O)OCC=CSCC. The highest BCUT2D eigenvalue weighted by Gasteiger charge is 1.89. The lowest BCUT2D eigenvalue weighted by Crippen LogP contribution is -1.98. The predicted molar refractivity (Wildman–Crippen MR) is 48.4 cm³/mol. The largest absolute Gasteiger partial charge is 0.458 e. The Labute approximate surface area is 71.3 Å². The smallest absolute Gasteiger partial charge is 0.330 e. The van der Waals surface area contributed by atoms with Crippen LogP contribution in [0, 0.1) is 0 Å². The highest BCUT2D eigenvalue weighted by Crippen LogP contribution is 1.99. The Morgan fingerprint density at radius 2 is 2.45 bits per heavy atom. The summed E-state index contributed by atoms with van der Waals surface area (Å²) in [5, 5.41) is 1.91. The molecule has 0 atom stereocenters. The van der Waals surface area contributed by atoms with Crippen molar-refractivity contribution in [3.8, 4) is 0 Å². The molecule has 0 rings (SSSR count). The van der Waals surface area contributed by atoms with Gasteiger partial charge in [-0.2, -0.15) is 0 Å². The summed E-state index contributed by atoms with van der Waals surface area (Å²) in [7, 11) is 0. The Bertz CT molecular complexity index is 152. The summed E-state index contributed by atoms with van der Waals surface area (Å²) in [6.45, 7) is 5.66. The summed E-state index contributed by atoms with van der Waals surface area (Å²) >= 11 is 1.67. The van der Waals surface area contributed by atoms with E-state index in [9.17, 15) is 4.79 Å². The van der Waals surface area contributed by atoms with E-state index in [1.807, 2.05) is 5.41 Å². The van der Waals surface area contributed by atoms with Crippen molar-refractivity contribution in [1.29, 1.82) is 0 Å². The van der Waals surface area contributed by atoms with Crippen LogP contribution in [0.5, 0.6) is 0 Å². The van der Waals surface area contributed by atoms with Crippen molar-refractivity contribution in [3.63, 3.8) is 0 Å². The van der Waals surface area contributed by atoms with E-state index in [0.29, 0.717) is 6.61 Å². The molecule has 0 aliphatic carbocycles. The molecule has 11 heavy (non-hydrogen) atoms. The summed E-state index contributed by atoms with van der Waals surface area (Å²) in [5.74, 6) is 0.655. The Balaban J connectivity index is 3.26. The molecular formula is C8H12O2S. The Kier molecular flexibility index (Phi) is 6.94. The molecule has 0 spiro atoms. The van der Waals surface area contributed by atoms with Crippen molar-refractivity contribution in [3.05, 3.63) is 24.1 Å². The zero-order valence-electron chi connectivity index (χ0n) is 6.58. The van der Waals surface area contributed by atoms with Crippen LogP contribution in [0.3, 0.4) is 0 Å². The highest BCUT2D eigenvalue weighted by molar-refractivity contribution is 8.02. The second-order valence-corrected chi connectivity index (χ2v) is 2.84. The monoisotopic (exact) mass is 172 g/mol. The molecule has 0 amide bonds. The molecule has 2 nitrogen and oxygen atoms in total. The molecule has 0 saturated carbocycles. The highest BCUT2D eigenvalue weighted by atomic mass is 32.2. The van der Waals surface area contributed by atoms with Gasteiger partial charge in [-0.25, -0.2) is 4.79 Å². The topological polar surface area (TPSA) is 26.3 Å². The van der Waals surface area contributed by atoms with Crippen molar-refractivity contribution in [2.24, 2.45) is 0 Å². The van der Waals surface area contributed by atoms with Gasteiger partial charge in [-0.15, -0.1) is 11.8 Å². The first-order valence-electron chi connectivity index (χ1n) is 3.37. The fraction of sp³-hybridized carbons (Fsp3) is 0.375. The Morgan fingerprint density at radius 3 is 3.00 bits per heavy atom. The number of esters is 1. The summed E-state index contributed by atoms with van der Waals surface area (Å²) in [6, 6.07) is 0. The molecule has 0 saturated heterocycles. The molecule has 62 valence electrons. The molecule has 0 aromatic rings. The number of hydrogen-bond donors (Lipinski definition) is 0. The van der Waals surface area contributed by atoms with Gasteiger partial charge in [-0.1, -0.05) is 13.5 Å². The molecule has 0 bridgehead atoms.